The normalized spacial score (nSPS) is 11.9. The minimum Gasteiger partial charge on any atom is -0.495 e. The van der Waals surface area contributed by atoms with E-state index in [4.69, 9.17) is 4.74 Å². The van der Waals surface area contributed by atoms with Crippen molar-refractivity contribution in [1.29, 1.82) is 0 Å². The topological polar surface area (TPSA) is 34.1 Å². The molecule has 1 aromatic heterocycles. The highest BCUT2D eigenvalue weighted by Gasteiger charge is 1.98. The van der Waals surface area contributed by atoms with Gasteiger partial charge in [0.15, 0.2) is 0 Å². The van der Waals surface area contributed by atoms with Gasteiger partial charge in [0, 0.05) is 6.20 Å². The fourth-order valence-electron chi connectivity index (χ4n) is 1.65. The van der Waals surface area contributed by atoms with Crippen LogP contribution < -0.4 is 10.1 Å². The van der Waals surface area contributed by atoms with Gasteiger partial charge in [0.05, 0.1) is 13.3 Å². The molecule has 1 heterocycles. The molecule has 1 N–H and O–H groups in total. The van der Waals surface area contributed by atoms with Gasteiger partial charge in [-0.3, -0.25) is 4.98 Å². The zero-order valence-corrected chi connectivity index (χ0v) is 11.9. The van der Waals surface area contributed by atoms with Crippen molar-refractivity contribution in [1.82, 2.24) is 10.3 Å². The summed E-state index contributed by atoms with van der Waals surface area (Å²) in [5.41, 5.74) is 2.37. The van der Waals surface area contributed by atoms with E-state index in [0.717, 1.165) is 30.8 Å². The Morgan fingerprint density at radius 3 is 2.89 bits per heavy atom. The first-order chi connectivity index (χ1) is 8.63. The molecule has 0 bridgehead atoms. The number of nitrogens with zero attached hydrogens (tertiary/aromatic N) is 1. The van der Waals surface area contributed by atoms with Crippen LogP contribution in [0, 0.1) is 5.92 Å². The van der Waals surface area contributed by atoms with E-state index in [1.165, 1.54) is 5.57 Å². The monoisotopic (exact) mass is 248 g/mol. The molecule has 1 aromatic rings. The van der Waals surface area contributed by atoms with Gasteiger partial charge in [-0.05, 0) is 49.6 Å². The number of nitrogens with one attached hydrogen (secondary N) is 1. The van der Waals surface area contributed by atoms with E-state index in [1.807, 2.05) is 12.3 Å². The maximum atomic E-state index is 5.17. The second-order valence-electron chi connectivity index (χ2n) is 4.89. The van der Waals surface area contributed by atoms with Gasteiger partial charge in [-0.25, -0.2) is 0 Å². The van der Waals surface area contributed by atoms with Crippen LogP contribution in [0.25, 0.3) is 5.57 Å². The van der Waals surface area contributed by atoms with Crippen LogP contribution in [-0.2, 0) is 0 Å². The highest BCUT2D eigenvalue weighted by atomic mass is 16.5. The SMILES string of the molecule is COc1cncc(/C(C)=C/CCNCC(C)C)c1. The van der Waals surface area contributed by atoms with Crippen molar-refractivity contribution in [3.8, 4) is 5.75 Å². The molecule has 0 aliphatic rings. The Kier molecular flexibility index (Phi) is 6.44. The maximum Gasteiger partial charge on any atom is 0.137 e. The Hall–Kier alpha value is -1.35. The van der Waals surface area contributed by atoms with Crippen LogP contribution in [0.2, 0.25) is 0 Å². The summed E-state index contributed by atoms with van der Waals surface area (Å²) in [5.74, 6) is 1.51. The lowest BCUT2D eigenvalue weighted by Crippen LogP contribution is -2.20. The Balaban J connectivity index is 2.44. The molecule has 100 valence electrons. The summed E-state index contributed by atoms with van der Waals surface area (Å²) in [6.45, 7) is 8.64. The van der Waals surface area contributed by atoms with Gasteiger partial charge < -0.3 is 10.1 Å². The molecular formula is C15H24N2O. The third kappa shape index (κ3) is 5.32. The quantitative estimate of drug-likeness (QED) is 0.753. The molecule has 0 aliphatic carbocycles. The van der Waals surface area contributed by atoms with E-state index >= 15 is 0 Å². The molecule has 0 fully saturated rings. The van der Waals surface area contributed by atoms with Crippen molar-refractivity contribution in [2.75, 3.05) is 20.2 Å². The molecule has 1 rings (SSSR count). The number of hydrogen-bond acceptors (Lipinski definition) is 3. The predicted molar refractivity (Wildman–Crippen MR) is 76.8 cm³/mol. The second-order valence-corrected chi connectivity index (χ2v) is 4.89. The van der Waals surface area contributed by atoms with Gasteiger partial charge in [0.1, 0.15) is 5.75 Å². The first-order valence-corrected chi connectivity index (χ1v) is 6.50. The lowest BCUT2D eigenvalue weighted by atomic mass is 10.1. The van der Waals surface area contributed by atoms with Crippen molar-refractivity contribution < 1.29 is 4.74 Å². The molecule has 0 radical (unpaired) electrons. The maximum absolute atomic E-state index is 5.17. The summed E-state index contributed by atoms with van der Waals surface area (Å²) < 4.78 is 5.17. The molecule has 0 aromatic carbocycles. The first kappa shape index (κ1) is 14.7. The molecule has 0 atom stereocenters. The Morgan fingerprint density at radius 2 is 2.22 bits per heavy atom. The summed E-state index contributed by atoms with van der Waals surface area (Å²) >= 11 is 0. The number of rotatable bonds is 7. The Morgan fingerprint density at radius 1 is 1.44 bits per heavy atom. The van der Waals surface area contributed by atoms with Crippen LogP contribution >= 0.6 is 0 Å². The average molecular weight is 248 g/mol. The van der Waals surface area contributed by atoms with Crippen molar-refractivity contribution >= 4 is 5.57 Å². The van der Waals surface area contributed by atoms with E-state index < -0.39 is 0 Å². The van der Waals surface area contributed by atoms with Crippen LogP contribution in [0.4, 0.5) is 0 Å². The molecule has 0 unspecified atom stereocenters. The van der Waals surface area contributed by atoms with Gasteiger partial charge in [0.25, 0.3) is 0 Å². The number of aromatic nitrogens is 1. The number of methoxy groups -OCH3 is 1. The zero-order valence-electron chi connectivity index (χ0n) is 11.9. The Bertz CT molecular complexity index is 386. The summed E-state index contributed by atoms with van der Waals surface area (Å²) in [6, 6.07) is 2.01. The van der Waals surface area contributed by atoms with E-state index in [1.54, 1.807) is 13.3 Å². The molecule has 0 spiro atoms. The lowest BCUT2D eigenvalue weighted by molar-refractivity contribution is 0.412. The van der Waals surface area contributed by atoms with Crippen molar-refractivity contribution in [2.24, 2.45) is 5.92 Å². The smallest absolute Gasteiger partial charge is 0.137 e. The number of pyridine rings is 1. The summed E-state index contributed by atoms with van der Waals surface area (Å²) in [7, 11) is 1.66. The Labute approximate surface area is 110 Å². The minimum absolute atomic E-state index is 0.706. The molecular weight excluding hydrogens is 224 g/mol. The zero-order chi connectivity index (χ0) is 13.4. The minimum atomic E-state index is 0.706. The molecule has 0 amide bonds. The van der Waals surface area contributed by atoms with Crippen LogP contribution in [0.15, 0.2) is 24.5 Å². The standard InChI is InChI=1S/C15H24N2O/c1-12(2)9-16-7-5-6-13(3)14-8-15(18-4)11-17-10-14/h6,8,10-12,16H,5,7,9H2,1-4H3/b13-6+. The van der Waals surface area contributed by atoms with Gasteiger partial charge >= 0.3 is 0 Å². The fourth-order valence-corrected chi connectivity index (χ4v) is 1.65. The van der Waals surface area contributed by atoms with Crippen LogP contribution in [0.5, 0.6) is 5.75 Å². The van der Waals surface area contributed by atoms with Gasteiger partial charge in [0.2, 0.25) is 0 Å². The highest BCUT2D eigenvalue weighted by molar-refractivity contribution is 5.63. The van der Waals surface area contributed by atoms with E-state index in [-0.39, 0.29) is 0 Å². The summed E-state index contributed by atoms with van der Waals surface area (Å²) in [5, 5.41) is 3.43. The summed E-state index contributed by atoms with van der Waals surface area (Å²) in [6.07, 6.45) is 6.87. The third-order valence-corrected chi connectivity index (χ3v) is 2.73. The molecule has 3 heteroatoms. The second kappa shape index (κ2) is 7.88. The highest BCUT2D eigenvalue weighted by Crippen LogP contribution is 2.18. The van der Waals surface area contributed by atoms with Crippen LogP contribution in [-0.4, -0.2) is 25.2 Å². The van der Waals surface area contributed by atoms with Crippen LogP contribution in [0.3, 0.4) is 0 Å². The van der Waals surface area contributed by atoms with E-state index in [9.17, 15) is 0 Å². The number of hydrogen-bond donors (Lipinski definition) is 1. The van der Waals surface area contributed by atoms with Crippen molar-refractivity contribution in [3.63, 3.8) is 0 Å². The van der Waals surface area contributed by atoms with E-state index in [2.05, 4.69) is 37.1 Å². The summed E-state index contributed by atoms with van der Waals surface area (Å²) in [4.78, 5) is 4.16. The van der Waals surface area contributed by atoms with Gasteiger partial charge in [-0.1, -0.05) is 19.9 Å². The molecule has 0 saturated heterocycles. The number of ether oxygens (including phenoxy) is 1. The fraction of sp³-hybridized carbons (Fsp3) is 0.533. The number of allylic oxidation sites excluding steroid dienone is 1. The van der Waals surface area contributed by atoms with Gasteiger partial charge in [-0.2, -0.15) is 0 Å². The molecule has 0 saturated carbocycles. The van der Waals surface area contributed by atoms with Crippen molar-refractivity contribution in [3.05, 3.63) is 30.1 Å². The third-order valence-electron chi connectivity index (χ3n) is 2.73. The molecule has 18 heavy (non-hydrogen) atoms. The van der Waals surface area contributed by atoms with Gasteiger partial charge in [-0.15, -0.1) is 0 Å². The largest absolute Gasteiger partial charge is 0.495 e. The van der Waals surface area contributed by atoms with Crippen LogP contribution in [0.1, 0.15) is 32.8 Å². The first-order valence-electron chi connectivity index (χ1n) is 6.50. The van der Waals surface area contributed by atoms with Crippen molar-refractivity contribution in [2.45, 2.75) is 27.2 Å². The lowest BCUT2D eigenvalue weighted by Gasteiger charge is -2.07. The van der Waals surface area contributed by atoms with E-state index in [0.29, 0.717) is 5.92 Å². The molecule has 0 aliphatic heterocycles. The average Bonchev–Trinajstić information content (AvgIpc) is 2.37. The predicted octanol–water partition coefficient (Wildman–Crippen LogP) is 3.13. The molecule has 3 nitrogen and oxygen atoms in total.